The van der Waals surface area contributed by atoms with E-state index in [0.717, 1.165) is 0 Å². The predicted molar refractivity (Wildman–Crippen MR) is 66.2 cm³/mol. The molecule has 0 bridgehead atoms. The summed E-state index contributed by atoms with van der Waals surface area (Å²) in [7, 11) is 0. The fourth-order valence-electron chi connectivity index (χ4n) is 1.27. The van der Waals surface area contributed by atoms with Crippen LogP contribution in [0.2, 0.25) is 0 Å². The summed E-state index contributed by atoms with van der Waals surface area (Å²) in [5.41, 5.74) is -1.72. The third-order valence-corrected chi connectivity index (χ3v) is 3.81. The van der Waals surface area contributed by atoms with Gasteiger partial charge in [-0.3, -0.25) is 0 Å². The van der Waals surface area contributed by atoms with Gasteiger partial charge in [-0.2, -0.15) is 26.3 Å². The highest BCUT2D eigenvalue weighted by Crippen LogP contribution is 2.54. The van der Waals surface area contributed by atoms with E-state index in [1.807, 2.05) is 0 Å². The fourth-order valence-corrected chi connectivity index (χ4v) is 2.73. The lowest BCUT2D eigenvalue weighted by molar-refractivity contribution is -0.348. The summed E-state index contributed by atoms with van der Waals surface area (Å²) >= 11 is 4.11. The molecule has 10 heteroatoms. The minimum absolute atomic E-state index is 0.0731. The van der Waals surface area contributed by atoms with E-state index >= 15 is 0 Å². The zero-order valence-corrected chi connectivity index (χ0v) is 12.4. The summed E-state index contributed by atoms with van der Waals surface area (Å²) in [6.45, 7) is 0. The predicted octanol–water partition coefficient (Wildman–Crippen LogP) is 4.93. The van der Waals surface area contributed by atoms with Crippen molar-refractivity contribution in [2.75, 3.05) is 5.73 Å². The van der Waals surface area contributed by atoms with E-state index in [0.29, 0.717) is 12.1 Å². The summed E-state index contributed by atoms with van der Waals surface area (Å²) in [5.74, 6) is 0. The van der Waals surface area contributed by atoms with Gasteiger partial charge in [-0.25, -0.2) is 4.39 Å². The molecule has 0 amide bonds. The van der Waals surface area contributed by atoms with E-state index in [4.69, 9.17) is 5.73 Å². The number of halogens is 9. The molecular formula is C9H4BrF7IN. The number of nitrogens with two attached hydrogens (primary N) is 1. The second-order valence-electron chi connectivity index (χ2n) is 3.51. The van der Waals surface area contributed by atoms with Crippen molar-refractivity contribution < 1.29 is 30.7 Å². The molecule has 0 fully saturated rings. The highest BCUT2D eigenvalue weighted by molar-refractivity contribution is 14.1. The van der Waals surface area contributed by atoms with Crippen molar-refractivity contribution in [1.29, 1.82) is 0 Å². The van der Waals surface area contributed by atoms with Crippen LogP contribution in [-0.2, 0) is 5.67 Å². The lowest BCUT2D eigenvalue weighted by Crippen LogP contribution is -2.50. The smallest absolute Gasteiger partial charge is 0.397 e. The summed E-state index contributed by atoms with van der Waals surface area (Å²) in [6.07, 6.45) is -12.3. The van der Waals surface area contributed by atoms with Crippen molar-refractivity contribution in [3.63, 3.8) is 0 Å². The Kier molecular flexibility index (Phi) is 4.36. The molecule has 0 spiro atoms. The number of anilines is 1. The van der Waals surface area contributed by atoms with Crippen LogP contribution >= 0.6 is 38.5 Å². The molecule has 0 aromatic heterocycles. The van der Waals surface area contributed by atoms with Gasteiger partial charge >= 0.3 is 18.0 Å². The van der Waals surface area contributed by atoms with E-state index in [1.54, 1.807) is 0 Å². The Hall–Kier alpha value is -0.260. The third-order valence-electron chi connectivity index (χ3n) is 2.26. The topological polar surface area (TPSA) is 26.0 Å². The van der Waals surface area contributed by atoms with Gasteiger partial charge in [-0.15, -0.1) is 0 Å². The molecule has 1 aromatic carbocycles. The van der Waals surface area contributed by atoms with E-state index in [1.165, 1.54) is 22.6 Å². The number of benzene rings is 1. The molecule has 0 saturated heterocycles. The lowest BCUT2D eigenvalue weighted by atomic mass is 9.94. The van der Waals surface area contributed by atoms with Gasteiger partial charge in [0.2, 0.25) is 0 Å². The molecule has 19 heavy (non-hydrogen) atoms. The third kappa shape index (κ3) is 2.78. The molecule has 0 aliphatic heterocycles. The average molecular weight is 466 g/mol. The summed E-state index contributed by atoms with van der Waals surface area (Å²) in [5, 5.41) is 0. The van der Waals surface area contributed by atoms with E-state index in [9.17, 15) is 30.7 Å². The highest BCUT2D eigenvalue weighted by atomic mass is 127. The van der Waals surface area contributed by atoms with Crippen molar-refractivity contribution in [1.82, 2.24) is 0 Å². The highest BCUT2D eigenvalue weighted by Gasteiger charge is 2.73. The minimum atomic E-state index is -6.14. The molecule has 0 saturated carbocycles. The molecule has 0 unspecified atom stereocenters. The molecule has 0 aliphatic rings. The van der Waals surface area contributed by atoms with Crippen LogP contribution in [0.15, 0.2) is 16.6 Å². The molecule has 1 aromatic rings. The quantitative estimate of drug-likeness (QED) is 0.355. The van der Waals surface area contributed by atoms with Gasteiger partial charge in [0.05, 0.1) is 5.69 Å². The molecule has 0 atom stereocenters. The normalized spacial score (nSPS) is 13.7. The molecule has 0 aliphatic carbocycles. The molecular weight excluding hydrogens is 462 g/mol. The van der Waals surface area contributed by atoms with Gasteiger partial charge in [-0.1, -0.05) is 0 Å². The summed E-state index contributed by atoms with van der Waals surface area (Å²) in [6, 6.07) is 0.792. The van der Waals surface area contributed by atoms with Crippen molar-refractivity contribution in [3.05, 3.63) is 25.7 Å². The number of alkyl halides is 7. The Morgan fingerprint density at radius 1 is 0.947 bits per heavy atom. The van der Waals surface area contributed by atoms with E-state index < -0.39 is 23.6 Å². The first-order valence-corrected chi connectivity index (χ1v) is 6.27. The Labute approximate surface area is 124 Å². The fraction of sp³-hybridized carbons (Fsp3) is 0.333. The van der Waals surface area contributed by atoms with Crippen LogP contribution < -0.4 is 5.73 Å². The van der Waals surface area contributed by atoms with Crippen molar-refractivity contribution in [3.8, 4) is 0 Å². The maximum atomic E-state index is 13.7. The number of rotatable bonds is 1. The second kappa shape index (κ2) is 4.93. The van der Waals surface area contributed by atoms with Gasteiger partial charge < -0.3 is 5.73 Å². The summed E-state index contributed by atoms with van der Waals surface area (Å²) in [4.78, 5) is 0. The van der Waals surface area contributed by atoms with Crippen LogP contribution in [0.1, 0.15) is 5.56 Å². The molecule has 0 radical (unpaired) electrons. The molecule has 0 heterocycles. The first-order chi connectivity index (χ1) is 8.32. The van der Waals surface area contributed by atoms with Crippen LogP contribution in [0.25, 0.3) is 0 Å². The van der Waals surface area contributed by atoms with Crippen LogP contribution in [0.4, 0.5) is 36.4 Å². The number of hydrogen-bond donors (Lipinski definition) is 1. The van der Waals surface area contributed by atoms with Crippen molar-refractivity contribution in [2.24, 2.45) is 0 Å². The largest absolute Gasteiger partial charge is 0.435 e. The van der Waals surface area contributed by atoms with Crippen LogP contribution in [0.3, 0.4) is 0 Å². The first kappa shape index (κ1) is 16.8. The van der Waals surface area contributed by atoms with Crippen molar-refractivity contribution in [2.45, 2.75) is 18.0 Å². The van der Waals surface area contributed by atoms with Crippen LogP contribution in [0.5, 0.6) is 0 Å². The average Bonchev–Trinajstić information content (AvgIpc) is 2.20. The van der Waals surface area contributed by atoms with E-state index in [-0.39, 0.29) is 13.7 Å². The molecule has 1 nitrogen and oxygen atoms in total. The van der Waals surface area contributed by atoms with Gasteiger partial charge in [0.15, 0.2) is 0 Å². The van der Waals surface area contributed by atoms with Gasteiger partial charge in [-0.05, 0) is 50.7 Å². The van der Waals surface area contributed by atoms with E-state index in [2.05, 4.69) is 15.9 Å². The van der Waals surface area contributed by atoms with Gasteiger partial charge in [0, 0.05) is 13.6 Å². The molecule has 2 N–H and O–H groups in total. The monoisotopic (exact) mass is 465 g/mol. The Morgan fingerprint density at radius 3 is 1.68 bits per heavy atom. The number of hydrogen-bond acceptors (Lipinski definition) is 1. The Morgan fingerprint density at radius 2 is 1.37 bits per heavy atom. The van der Waals surface area contributed by atoms with Gasteiger partial charge in [0.25, 0.3) is 0 Å². The zero-order chi connectivity index (χ0) is 15.2. The van der Waals surface area contributed by atoms with Gasteiger partial charge in [0.1, 0.15) is 0 Å². The first-order valence-electron chi connectivity index (χ1n) is 4.39. The minimum Gasteiger partial charge on any atom is -0.397 e. The number of nitrogen functional groups attached to an aromatic ring is 1. The van der Waals surface area contributed by atoms with Crippen molar-refractivity contribution >= 4 is 44.2 Å². The summed E-state index contributed by atoms with van der Waals surface area (Å²) < 4.78 is 88.4. The Bertz CT molecular complexity index is 459. The maximum Gasteiger partial charge on any atom is 0.435 e. The zero-order valence-electron chi connectivity index (χ0n) is 8.63. The van der Waals surface area contributed by atoms with Crippen LogP contribution in [-0.4, -0.2) is 12.4 Å². The standard InChI is InChI=1S/C9H4BrF7IN/c10-4-1-3(2-5(18)6(4)19)7(11,8(12,13)14)9(15,16)17/h1-2H,19H2. The Balaban J connectivity index is 3.62. The molecule has 108 valence electrons. The lowest BCUT2D eigenvalue weighted by Gasteiger charge is -2.30. The van der Waals surface area contributed by atoms with Crippen LogP contribution in [0, 0.1) is 3.57 Å². The molecule has 1 rings (SSSR count). The maximum absolute atomic E-state index is 13.7. The SMILES string of the molecule is Nc1c(Br)cc(C(F)(C(F)(F)F)C(F)(F)F)cc1I. The second-order valence-corrected chi connectivity index (χ2v) is 5.52.